The molecular formula is C21H26N4OS. The van der Waals surface area contributed by atoms with Crippen molar-refractivity contribution >= 4 is 28.7 Å². The fourth-order valence-electron chi connectivity index (χ4n) is 3.84. The molecule has 1 amide bonds. The Morgan fingerprint density at radius 2 is 2.04 bits per heavy atom. The molecule has 0 saturated carbocycles. The molecule has 27 heavy (non-hydrogen) atoms. The molecule has 3 aromatic rings. The average molecular weight is 383 g/mol. The van der Waals surface area contributed by atoms with E-state index in [0.717, 1.165) is 61.6 Å². The van der Waals surface area contributed by atoms with Gasteiger partial charge in [0, 0.05) is 31.2 Å². The Hall–Kier alpha value is -2.34. The van der Waals surface area contributed by atoms with Gasteiger partial charge in [-0.05, 0) is 49.3 Å². The topological polar surface area (TPSA) is 40.9 Å². The number of anilines is 1. The van der Waals surface area contributed by atoms with Gasteiger partial charge >= 0.3 is 0 Å². The fraction of sp³-hybridized carbons (Fsp3) is 0.429. The lowest BCUT2D eigenvalue weighted by atomic mass is 10.1. The number of imidazole rings is 1. The number of pyridine rings is 1. The average Bonchev–Trinajstić information content (AvgIpc) is 3.34. The van der Waals surface area contributed by atoms with Gasteiger partial charge in [-0.1, -0.05) is 13.0 Å². The molecule has 0 spiro atoms. The summed E-state index contributed by atoms with van der Waals surface area (Å²) in [7, 11) is 2.10. The molecule has 1 saturated heterocycles. The third-order valence-corrected chi connectivity index (χ3v) is 6.08. The van der Waals surface area contributed by atoms with Crippen molar-refractivity contribution in [2.45, 2.75) is 39.2 Å². The number of nitrogens with zero attached hydrogens (tertiary/aromatic N) is 4. The number of amides is 1. The molecule has 0 atom stereocenters. The molecule has 1 aliphatic heterocycles. The minimum Gasteiger partial charge on any atom is -0.354 e. The molecule has 4 rings (SSSR count). The van der Waals surface area contributed by atoms with Gasteiger partial charge in [0.1, 0.15) is 11.5 Å². The van der Waals surface area contributed by atoms with Gasteiger partial charge in [0.2, 0.25) is 0 Å². The Bertz CT molecular complexity index is 925. The lowest BCUT2D eigenvalue weighted by molar-refractivity contribution is 0.0724. The first-order chi connectivity index (χ1) is 13.2. The van der Waals surface area contributed by atoms with Crippen LogP contribution in [0.1, 0.15) is 47.1 Å². The summed E-state index contributed by atoms with van der Waals surface area (Å²) in [6.45, 7) is 4.70. The van der Waals surface area contributed by atoms with Gasteiger partial charge in [-0.25, -0.2) is 4.98 Å². The maximum absolute atomic E-state index is 12.9. The smallest absolute Gasteiger partial charge is 0.255 e. The molecule has 1 fully saturated rings. The zero-order chi connectivity index (χ0) is 18.8. The first-order valence-electron chi connectivity index (χ1n) is 9.71. The Labute approximate surface area is 164 Å². The van der Waals surface area contributed by atoms with Crippen LogP contribution in [0.15, 0.2) is 35.8 Å². The normalized spacial score (nSPS) is 14.7. The second kappa shape index (κ2) is 7.72. The number of piperidine rings is 1. The van der Waals surface area contributed by atoms with E-state index >= 15 is 0 Å². The highest BCUT2D eigenvalue weighted by Crippen LogP contribution is 2.26. The van der Waals surface area contributed by atoms with Gasteiger partial charge in [-0.15, -0.1) is 11.3 Å². The van der Waals surface area contributed by atoms with Crippen molar-refractivity contribution < 1.29 is 4.79 Å². The molecule has 142 valence electrons. The standard InChI is InChI=1S/C21H26N4OS/c1-3-18-20(23(2)15-17-8-7-13-27-17)25-14-16(9-10-19(25)22-18)21(26)24-11-5-4-6-12-24/h7-10,13-14H,3-6,11-12,15H2,1-2H3. The lowest BCUT2D eigenvalue weighted by Crippen LogP contribution is -2.35. The van der Waals surface area contributed by atoms with Crippen LogP contribution in [0.2, 0.25) is 0 Å². The predicted molar refractivity (Wildman–Crippen MR) is 111 cm³/mol. The van der Waals surface area contributed by atoms with Crippen LogP contribution in [0.3, 0.4) is 0 Å². The molecular weight excluding hydrogens is 356 g/mol. The number of hydrogen-bond acceptors (Lipinski definition) is 4. The van der Waals surface area contributed by atoms with E-state index in [1.807, 2.05) is 23.2 Å². The van der Waals surface area contributed by atoms with Gasteiger partial charge in [0.25, 0.3) is 5.91 Å². The second-order valence-corrected chi connectivity index (χ2v) is 8.20. The van der Waals surface area contributed by atoms with Crippen molar-refractivity contribution in [3.8, 4) is 0 Å². The summed E-state index contributed by atoms with van der Waals surface area (Å²) in [4.78, 5) is 23.3. The largest absolute Gasteiger partial charge is 0.354 e. The van der Waals surface area contributed by atoms with Crippen molar-refractivity contribution in [2.24, 2.45) is 0 Å². The summed E-state index contributed by atoms with van der Waals surface area (Å²) in [6, 6.07) is 8.13. The molecule has 1 aliphatic rings. The lowest BCUT2D eigenvalue weighted by Gasteiger charge is -2.27. The van der Waals surface area contributed by atoms with E-state index in [1.165, 1.54) is 11.3 Å². The molecule has 0 aliphatic carbocycles. The maximum Gasteiger partial charge on any atom is 0.255 e. The van der Waals surface area contributed by atoms with E-state index in [2.05, 4.69) is 40.8 Å². The van der Waals surface area contributed by atoms with Crippen LogP contribution in [0, 0.1) is 0 Å². The molecule has 0 bridgehead atoms. The SMILES string of the molecule is CCc1nc2ccc(C(=O)N3CCCCC3)cn2c1N(C)Cc1cccs1. The monoisotopic (exact) mass is 382 g/mol. The van der Waals surface area contributed by atoms with Gasteiger partial charge < -0.3 is 9.80 Å². The van der Waals surface area contributed by atoms with Crippen molar-refractivity contribution in [2.75, 3.05) is 25.0 Å². The number of aromatic nitrogens is 2. The molecule has 5 nitrogen and oxygen atoms in total. The van der Waals surface area contributed by atoms with Gasteiger partial charge in [0.05, 0.1) is 17.8 Å². The highest BCUT2D eigenvalue weighted by Gasteiger charge is 2.21. The summed E-state index contributed by atoms with van der Waals surface area (Å²) in [5.74, 6) is 1.21. The Kier molecular flexibility index (Phi) is 5.16. The van der Waals surface area contributed by atoms with E-state index in [0.29, 0.717) is 0 Å². The van der Waals surface area contributed by atoms with E-state index in [-0.39, 0.29) is 5.91 Å². The zero-order valence-corrected chi connectivity index (χ0v) is 16.8. The second-order valence-electron chi connectivity index (χ2n) is 7.17. The minimum atomic E-state index is 0.134. The summed E-state index contributed by atoms with van der Waals surface area (Å²) in [5.41, 5.74) is 2.71. The van der Waals surface area contributed by atoms with Crippen molar-refractivity contribution in [1.82, 2.24) is 14.3 Å². The first-order valence-corrected chi connectivity index (χ1v) is 10.6. The van der Waals surface area contributed by atoms with Crippen LogP contribution in [-0.4, -0.2) is 40.3 Å². The van der Waals surface area contributed by atoms with E-state index in [9.17, 15) is 4.79 Å². The number of rotatable bonds is 5. The first kappa shape index (κ1) is 18.0. The highest BCUT2D eigenvalue weighted by atomic mass is 32.1. The minimum absolute atomic E-state index is 0.134. The molecule has 4 heterocycles. The summed E-state index contributed by atoms with van der Waals surface area (Å²) in [6.07, 6.45) is 6.27. The molecule has 6 heteroatoms. The van der Waals surface area contributed by atoms with Crippen LogP contribution >= 0.6 is 11.3 Å². The molecule has 3 aromatic heterocycles. The van der Waals surface area contributed by atoms with Crippen molar-refractivity contribution in [3.63, 3.8) is 0 Å². The summed E-state index contributed by atoms with van der Waals surface area (Å²) in [5, 5.41) is 2.10. The van der Waals surface area contributed by atoms with Crippen LogP contribution in [0.4, 0.5) is 5.82 Å². The number of fused-ring (bicyclic) bond motifs is 1. The van der Waals surface area contributed by atoms with E-state index in [4.69, 9.17) is 4.98 Å². The summed E-state index contributed by atoms with van der Waals surface area (Å²) < 4.78 is 2.09. The number of likely N-dealkylation sites (tertiary alicyclic amines) is 1. The number of thiophene rings is 1. The van der Waals surface area contributed by atoms with Gasteiger partial charge in [-0.3, -0.25) is 9.20 Å². The summed E-state index contributed by atoms with van der Waals surface area (Å²) >= 11 is 1.76. The number of aryl methyl sites for hydroxylation is 1. The van der Waals surface area contributed by atoms with Crippen LogP contribution in [0.5, 0.6) is 0 Å². The highest BCUT2D eigenvalue weighted by molar-refractivity contribution is 7.09. The van der Waals surface area contributed by atoms with Crippen LogP contribution in [-0.2, 0) is 13.0 Å². The molecule has 0 aromatic carbocycles. The molecule has 0 radical (unpaired) electrons. The quantitative estimate of drug-likeness (QED) is 0.663. The van der Waals surface area contributed by atoms with Gasteiger partial charge in [-0.2, -0.15) is 0 Å². The zero-order valence-electron chi connectivity index (χ0n) is 16.0. The third kappa shape index (κ3) is 3.58. The van der Waals surface area contributed by atoms with E-state index in [1.54, 1.807) is 11.3 Å². The Balaban J connectivity index is 1.69. The molecule has 0 N–H and O–H groups in total. The van der Waals surface area contributed by atoms with Crippen molar-refractivity contribution in [1.29, 1.82) is 0 Å². The van der Waals surface area contributed by atoms with Crippen LogP contribution in [0.25, 0.3) is 5.65 Å². The number of carbonyl (C=O) groups is 1. The Morgan fingerprint density at radius 1 is 1.22 bits per heavy atom. The van der Waals surface area contributed by atoms with Gasteiger partial charge in [0.15, 0.2) is 0 Å². The predicted octanol–water partition coefficient (Wildman–Crippen LogP) is 4.22. The Morgan fingerprint density at radius 3 is 2.74 bits per heavy atom. The van der Waals surface area contributed by atoms with E-state index < -0.39 is 0 Å². The fourth-order valence-corrected chi connectivity index (χ4v) is 4.60. The maximum atomic E-state index is 12.9. The van der Waals surface area contributed by atoms with Crippen LogP contribution < -0.4 is 4.90 Å². The van der Waals surface area contributed by atoms with Crippen molar-refractivity contribution in [3.05, 3.63) is 52.0 Å². The third-order valence-electron chi connectivity index (χ3n) is 5.22. The number of carbonyl (C=O) groups excluding carboxylic acids is 1. The molecule has 0 unspecified atom stereocenters. The number of hydrogen-bond donors (Lipinski definition) is 0.